The number of aryl methyl sites for hydroxylation is 1. The number of nitrogens with zero attached hydrogens (tertiary/aromatic N) is 1. The first kappa shape index (κ1) is 13.4. The van der Waals surface area contributed by atoms with Gasteiger partial charge in [0, 0.05) is 13.1 Å². The Bertz CT molecular complexity index is 447. The van der Waals surface area contributed by atoms with Crippen LogP contribution in [-0.2, 0) is 0 Å². The summed E-state index contributed by atoms with van der Waals surface area (Å²) in [5, 5.41) is 3.75. The maximum absolute atomic E-state index is 12.4. The largest absolute Gasteiger partial charge is 0.338 e. The molecule has 0 spiro atoms. The zero-order valence-electron chi connectivity index (χ0n) is 10.9. The lowest BCUT2D eigenvalue weighted by Crippen LogP contribution is -2.30. The van der Waals surface area contributed by atoms with Crippen LogP contribution in [0.2, 0.25) is 5.02 Å². The molecule has 1 fully saturated rings. The fourth-order valence-corrected chi connectivity index (χ4v) is 2.66. The second-order valence-electron chi connectivity index (χ2n) is 4.90. The molecule has 0 saturated carbocycles. The summed E-state index contributed by atoms with van der Waals surface area (Å²) in [5.41, 5.74) is 1.58. The molecule has 98 valence electrons. The van der Waals surface area contributed by atoms with Gasteiger partial charge in [-0.1, -0.05) is 23.7 Å². The third-order valence-corrected chi connectivity index (χ3v) is 3.99. The molecule has 1 aromatic carbocycles. The molecule has 1 aliphatic heterocycles. The predicted octanol–water partition coefficient (Wildman–Crippen LogP) is 2.33. The minimum atomic E-state index is 0.0577. The van der Waals surface area contributed by atoms with Gasteiger partial charge in [-0.05, 0) is 44.5 Å². The van der Waals surface area contributed by atoms with Gasteiger partial charge in [0.2, 0.25) is 0 Å². The zero-order valence-corrected chi connectivity index (χ0v) is 11.6. The van der Waals surface area contributed by atoms with Crippen molar-refractivity contribution in [2.75, 3.05) is 26.7 Å². The Hall–Kier alpha value is -1.06. The first-order chi connectivity index (χ1) is 8.63. The van der Waals surface area contributed by atoms with Crippen molar-refractivity contribution < 1.29 is 4.79 Å². The summed E-state index contributed by atoms with van der Waals surface area (Å²) in [6.45, 7) is 4.54. The van der Waals surface area contributed by atoms with Crippen LogP contribution >= 0.6 is 11.6 Å². The molecular weight excluding hydrogens is 248 g/mol. The van der Waals surface area contributed by atoms with Crippen LogP contribution in [-0.4, -0.2) is 37.5 Å². The van der Waals surface area contributed by atoms with Crippen LogP contribution in [0.5, 0.6) is 0 Å². The van der Waals surface area contributed by atoms with Gasteiger partial charge in [-0.2, -0.15) is 0 Å². The number of halogens is 1. The third-order valence-electron chi connectivity index (χ3n) is 3.49. The van der Waals surface area contributed by atoms with Crippen LogP contribution in [0.1, 0.15) is 22.3 Å². The summed E-state index contributed by atoms with van der Waals surface area (Å²) < 4.78 is 0. The molecule has 0 aliphatic carbocycles. The summed E-state index contributed by atoms with van der Waals surface area (Å²) >= 11 is 6.20. The maximum atomic E-state index is 12.4. The summed E-state index contributed by atoms with van der Waals surface area (Å²) in [7, 11) is 1.95. The minimum Gasteiger partial charge on any atom is -0.338 e. The lowest BCUT2D eigenvalue weighted by Gasteiger charge is -2.18. The Morgan fingerprint density at radius 3 is 3.06 bits per heavy atom. The standard InChI is InChI=1S/C14H19ClN2O/c1-10-4-3-5-12(13(10)15)14(18)17-7-6-11(9-17)8-16-2/h3-5,11,16H,6-9H2,1-2H3. The number of nitrogens with one attached hydrogen (secondary N) is 1. The van der Waals surface area contributed by atoms with Crippen LogP contribution in [0.15, 0.2) is 18.2 Å². The number of benzene rings is 1. The molecule has 1 N–H and O–H groups in total. The van der Waals surface area contributed by atoms with Crippen LogP contribution in [0, 0.1) is 12.8 Å². The van der Waals surface area contributed by atoms with E-state index in [-0.39, 0.29) is 5.91 Å². The van der Waals surface area contributed by atoms with Gasteiger partial charge in [-0.15, -0.1) is 0 Å². The first-order valence-corrected chi connectivity index (χ1v) is 6.70. The van der Waals surface area contributed by atoms with Crippen molar-refractivity contribution in [1.82, 2.24) is 10.2 Å². The summed E-state index contributed by atoms with van der Waals surface area (Å²) in [6, 6.07) is 5.62. The van der Waals surface area contributed by atoms with E-state index in [1.807, 2.05) is 37.1 Å². The van der Waals surface area contributed by atoms with E-state index < -0.39 is 0 Å². The van der Waals surface area contributed by atoms with E-state index in [9.17, 15) is 4.79 Å². The summed E-state index contributed by atoms with van der Waals surface area (Å²) in [6.07, 6.45) is 1.07. The number of carbonyl (C=O) groups excluding carboxylic acids is 1. The highest BCUT2D eigenvalue weighted by Gasteiger charge is 2.27. The van der Waals surface area contributed by atoms with E-state index in [4.69, 9.17) is 11.6 Å². The van der Waals surface area contributed by atoms with Crippen molar-refractivity contribution in [2.24, 2.45) is 5.92 Å². The number of hydrogen-bond acceptors (Lipinski definition) is 2. The van der Waals surface area contributed by atoms with E-state index in [1.165, 1.54) is 0 Å². The lowest BCUT2D eigenvalue weighted by molar-refractivity contribution is 0.0787. The molecule has 1 unspecified atom stereocenters. The maximum Gasteiger partial charge on any atom is 0.255 e. The highest BCUT2D eigenvalue weighted by molar-refractivity contribution is 6.34. The van der Waals surface area contributed by atoms with Crippen LogP contribution in [0.4, 0.5) is 0 Å². The molecule has 1 aromatic rings. The number of hydrogen-bond donors (Lipinski definition) is 1. The van der Waals surface area contributed by atoms with Crippen LogP contribution in [0.25, 0.3) is 0 Å². The van der Waals surface area contributed by atoms with E-state index in [0.29, 0.717) is 16.5 Å². The Kier molecular flexibility index (Phi) is 4.25. The summed E-state index contributed by atoms with van der Waals surface area (Å²) in [5.74, 6) is 0.616. The van der Waals surface area contributed by atoms with E-state index in [1.54, 1.807) is 0 Å². The quantitative estimate of drug-likeness (QED) is 0.911. The van der Waals surface area contributed by atoms with Crippen molar-refractivity contribution in [3.05, 3.63) is 34.3 Å². The van der Waals surface area contributed by atoms with E-state index in [2.05, 4.69) is 5.32 Å². The average Bonchev–Trinajstić information content (AvgIpc) is 2.81. The van der Waals surface area contributed by atoms with Crippen molar-refractivity contribution >= 4 is 17.5 Å². The highest BCUT2D eigenvalue weighted by Crippen LogP contribution is 2.24. The molecule has 1 heterocycles. The van der Waals surface area contributed by atoms with Crippen molar-refractivity contribution in [3.63, 3.8) is 0 Å². The van der Waals surface area contributed by atoms with Crippen LogP contribution in [0.3, 0.4) is 0 Å². The number of carbonyl (C=O) groups is 1. The fraction of sp³-hybridized carbons (Fsp3) is 0.500. The molecule has 3 nitrogen and oxygen atoms in total. The Morgan fingerprint density at radius 1 is 1.56 bits per heavy atom. The number of amides is 1. The molecule has 0 radical (unpaired) electrons. The SMILES string of the molecule is CNCC1CCN(C(=O)c2cccc(C)c2Cl)C1. The van der Waals surface area contributed by atoms with Gasteiger partial charge in [0.1, 0.15) is 0 Å². The fourth-order valence-electron chi connectivity index (χ4n) is 2.46. The second-order valence-corrected chi connectivity index (χ2v) is 5.28. The first-order valence-electron chi connectivity index (χ1n) is 6.32. The molecule has 18 heavy (non-hydrogen) atoms. The van der Waals surface area contributed by atoms with E-state index >= 15 is 0 Å². The Balaban J connectivity index is 2.11. The molecule has 0 aromatic heterocycles. The molecular formula is C14H19ClN2O. The summed E-state index contributed by atoms with van der Waals surface area (Å²) in [4.78, 5) is 14.3. The third kappa shape index (κ3) is 2.68. The molecule has 0 bridgehead atoms. The molecule has 4 heteroatoms. The van der Waals surface area contributed by atoms with Gasteiger partial charge in [0.05, 0.1) is 10.6 Å². The second kappa shape index (κ2) is 5.72. The normalized spacial score (nSPS) is 19.3. The lowest BCUT2D eigenvalue weighted by atomic mass is 10.1. The predicted molar refractivity (Wildman–Crippen MR) is 74.1 cm³/mol. The van der Waals surface area contributed by atoms with Gasteiger partial charge in [-0.25, -0.2) is 0 Å². The Morgan fingerprint density at radius 2 is 2.33 bits per heavy atom. The molecule has 1 aliphatic rings. The van der Waals surface area contributed by atoms with Gasteiger partial charge < -0.3 is 10.2 Å². The Labute approximate surface area is 113 Å². The van der Waals surface area contributed by atoms with Gasteiger partial charge >= 0.3 is 0 Å². The highest BCUT2D eigenvalue weighted by atomic mass is 35.5. The number of likely N-dealkylation sites (tertiary alicyclic amines) is 1. The smallest absolute Gasteiger partial charge is 0.255 e. The van der Waals surface area contributed by atoms with Crippen molar-refractivity contribution in [2.45, 2.75) is 13.3 Å². The van der Waals surface area contributed by atoms with Gasteiger partial charge in [0.15, 0.2) is 0 Å². The monoisotopic (exact) mass is 266 g/mol. The van der Waals surface area contributed by atoms with Gasteiger partial charge in [0.25, 0.3) is 5.91 Å². The minimum absolute atomic E-state index is 0.0577. The molecule has 1 atom stereocenters. The van der Waals surface area contributed by atoms with Crippen molar-refractivity contribution in [1.29, 1.82) is 0 Å². The average molecular weight is 267 g/mol. The molecule has 1 saturated heterocycles. The topological polar surface area (TPSA) is 32.3 Å². The molecule has 2 rings (SSSR count). The van der Waals surface area contributed by atoms with Crippen LogP contribution < -0.4 is 5.32 Å². The zero-order chi connectivity index (χ0) is 13.1. The van der Waals surface area contributed by atoms with Crippen molar-refractivity contribution in [3.8, 4) is 0 Å². The number of rotatable bonds is 3. The molecule has 1 amide bonds. The van der Waals surface area contributed by atoms with Gasteiger partial charge in [-0.3, -0.25) is 4.79 Å². The van der Waals surface area contributed by atoms with E-state index in [0.717, 1.165) is 31.6 Å².